The summed E-state index contributed by atoms with van der Waals surface area (Å²) in [6.45, 7) is 0.207. The van der Waals surface area contributed by atoms with Crippen molar-refractivity contribution in [2.45, 2.75) is 6.61 Å². The van der Waals surface area contributed by atoms with Crippen molar-refractivity contribution in [3.63, 3.8) is 0 Å². The predicted molar refractivity (Wildman–Crippen MR) is 127 cm³/mol. The molecule has 0 saturated heterocycles. The molecular formula is C22H16BrN5O3S. The fraction of sp³-hybridized carbons (Fsp3) is 0.0455. The van der Waals surface area contributed by atoms with E-state index in [4.69, 9.17) is 17.0 Å². The molecule has 0 atom stereocenters. The number of nitrogens with zero attached hydrogens (tertiary/aromatic N) is 4. The highest BCUT2D eigenvalue weighted by Gasteiger charge is 2.09. The van der Waals surface area contributed by atoms with Crippen molar-refractivity contribution in [1.29, 1.82) is 0 Å². The number of hydrogen-bond donors (Lipinski definition) is 1. The van der Waals surface area contributed by atoms with Crippen LogP contribution in [0.5, 0.6) is 5.75 Å². The first kappa shape index (κ1) is 21.6. The van der Waals surface area contributed by atoms with E-state index in [1.54, 1.807) is 29.1 Å². The molecule has 3 aromatic carbocycles. The highest BCUT2D eigenvalue weighted by atomic mass is 79.9. The molecule has 0 fully saturated rings. The van der Waals surface area contributed by atoms with Crippen LogP contribution in [0.2, 0.25) is 0 Å². The maximum atomic E-state index is 10.9. The van der Waals surface area contributed by atoms with Gasteiger partial charge in [-0.15, -0.1) is 0 Å². The van der Waals surface area contributed by atoms with Crippen molar-refractivity contribution in [3.05, 3.63) is 103 Å². The molecule has 1 heterocycles. The minimum Gasteiger partial charge on any atom is -0.488 e. The largest absolute Gasteiger partial charge is 0.488 e. The molecule has 4 aromatic rings. The first-order valence-electron chi connectivity index (χ1n) is 9.44. The molecule has 0 aliphatic carbocycles. The number of aromatic amines is 1. The second-order valence-electron chi connectivity index (χ2n) is 6.68. The van der Waals surface area contributed by atoms with Gasteiger partial charge in [-0.05, 0) is 57.5 Å². The SMILES string of the molecule is O=[N+]([O-])c1cccc(COc2ccc(/C=N\n3c(-c4ccccc4)n[nH]c3=S)cc2Br)c1. The number of rotatable bonds is 7. The summed E-state index contributed by atoms with van der Waals surface area (Å²) < 4.78 is 8.48. The summed E-state index contributed by atoms with van der Waals surface area (Å²) in [4.78, 5) is 10.5. The maximum absolute atomic E-state index is 10.9. The van der Waals surface area contributed by atoms with E-state index >= 15 is 0 Å². The average Bonchev–Trinajstić information content (AvgIpc) is 3.18. The third-order valence-corrected chi connectivity index (χ3v) is 5.36. The first-order chi connectivity index (χ1) is 15.5. The van der Waals surface area contributed by atoms with E-state index in [0.717, 1.165) is 15.6 Å². The van der Waals surface area contributed by atoms with E-state index in [0.29, 0.717) is 21.9 Å². The van der Waals surface area contributed by atoms with Crippen LogP contribution in [0, 0.1) is 14.9 Å². The number of H-pyrrole nitrogens is 1. The van der Waals surface area contributed by atoms with Gasteiger partial charge in [0.1, 0.15) is 12.4 Å². The molecule has 0 unspecified atom stereocenters. The lowest BCUT2D eigenvalue weighted by Crippen LogP contribution is -1.98. The second-order valence-corrected chi connectivity index (χ2v) is 7.92. The number of benzene rings is 3. The van der Waals surface area contributed by atoms with E-state index in [9.17, 15) is 10.1 Å². The Morgan fingerprint density at radius 1 is 1.16 bits per heavy atom. The Morgan fingerprint density at radius 3 is 2.72 bits per heavy atom. The van der Waals surface area contributed by atoms with E-state index in [2.05, 4.69) is 31.2 Å². The fourth-order valence-corrected chi connectivity index (χ4v) is 3.62. The summed E-state index contributed by atoms with van der Waals surface area (Å²) in [7, 11) is 0. The molecule has 0 bridgehead atoms. The van der Waals surface area contributed by atoms with Crippen LogP contribution in [0.4, 0.5) is 5.69 Å². The molecule has 0 radical (unpaired) electrons. The minimum atomic E-state index is -0.428. The number of nitro groups is 1. The smallest absolute Gasteiger partial charge is 0.269 e. The molecule has 0 aliphatic heterocycles. The van der Waals surface area contributed by atoms with Crippen LogP contribution in [0.15, 0.2) is 82.4 Å². The van der Waals surface area contributed by atoms with E-state index < -0.39 is 4.92 Å². The molecule has 32 heavy (non-hydrogen) atoms. The second kappa shape index (κ2) is 9.67. The summed E-state index contributed by atoms with van der Waals surface area (Å²) >= 11 is 8.80. The van der Waals surface area contributed by atoms with Crippen LogP contribution < -0.4 is 4.74 Å². The Balaban J connectivity index is 1.49. The van der Waals surface area contributed by atoms with Crippen LogP contribution in [-0.4, -0.2) is 26.0 Å². The summed E-state index contributed by atoms with van der Waals surface area (Å²) in [5.74, 6) is 1.22. The molecule has 8 nitrogen and oxygen atoms in total. The zero-order chi connectivity index (χ0) is 22.5. The third-order valence-electron chi connectivity index (χ3n) is 4.48. The van der Waals surface area contributed by atoms with Gasteiger partial charge >= 0.3 is 0 Å². The Bertz CT molecular complexity index is 1350. The lowest BCUT2D eigenvalue weighted by Gasteiger charge is -2.09. The topological polar surface area (TPSA) is 98.3 Å². The van der Waals surface area contributed by atoms with Crippen LogP contribution >= 0.6 is 28.1 Å². The van der Waals surface area contributed by atoms with E-state index in [-0.39, 0.29) is 12.3 Å². The van der Waals surface area contributed by atoms with Gasteiger partial charge in [-0.1, -0.05) is 42.5 Å². The molecule has 0 spiro atoms. The van der Waals surface area contributed by atoms with Gasteiger partial charge in [0.05, 0.1) is 15.6 Å². The molecule has 0 amide bonds. The first-order valence-corrected chi connectivity index (χ1v) is 10.6. The van der Waals surface area contributed by atoms with Crippen LogP contribution in [0.3, 0.4) is 0 Å². The lowest BCUT2D eigenvalue weighted by atomic mass is 10.2. The zero-order valence-electron chi connectivity index (χ0n) is 16.5. The van der Waals surface area contributed by atoms with E-state index in [1.807, 2.05) is 42.5 Å². The molecular weight excluding hydrogens is 494 g/mol. The number of nitro benzene ring substituents is 1. The Kier molecular flexibility index (Phi) is 6.52. The standard InChI is InChI=1S/C22H16BrN5O3S/c23-19-12-15(9-10-20(19)31-14-16-5-4-8-18(11-16)28(29)30)13-24-27-21(25-26-22(27)32)17-6-2-1-3-7-17/h1-13H,14H2,(H,26,32)/b24-13-. The minimum absolute atomic E-state index is 0.0319. The Labute approximate surface area is 196 Å². The van der Waals surface area contributed by atoms with Crippen molar-refractivity contribution in [2.75, 3.05) is 0 Å². The molecule has 4 rings (SSSR count). The lowest BCUT2D eigenvalue weighted by molar-refractivity contribution is -0.384. The molecule has 0 aliphatic rings. The van der Waals surface area contributed by atoms with Crippen LogP contribution in [0.25, 0.3) is 11.4 Å². The monoisotopic (exact) mass is 509 g/mol. The van der Waals surface area contributed by atoms with Crippen LogP contribution in [0.1, 0.15) is 11.1 Å². The quantitative estimate of drug-likeness (QED) is 0.148. The summed E-state index contributed by atoms with van der Waals surface area (Å²) in [5.41, 5.74) is 2.45. The van der Waals surface area contributed by atoms with E-state index in [1.165, 1.54) is 12.1 Å². The number of hydrogen-bond acceptors (Lipinski definition) is 6. The van der Waals surface area contributed by atoms with Gasteiger partial charge in [-0.2, -0.15) is 14.9 Å². The Morgan fingerprint density at radius 2 is 1.97 bits per heavy atom. The van der Waals surface area contributed by atoms with Gasteiger partial charge in [0.25, 0.3) is 5.69 Å². The van der Waals surface area contributed by atoms with Crippen molar-refractivity contribution >= 4 is 40.0 Å². The van der Waals surface area contributed by atoms with Crippen molar-refractivity contribution < 1.29 is 9.66 Å². The predicted octanol–water partition coefficient (Wildman–Crippen LogP) is 5.74. The molecule has 0 saturated carbocycles. The highest BCUT2D eigenvalue weighted by molar-refractivity contribution is 9.10. The summed E-state index contributed by atoms with van der Waals surface area (Å²) in [5, 5.41) is 22.4. The van der Waals surface area contributed by atoms with Crippen molar-refractivity contribution in [3.8, 4) is 17.1 Å². The number of nitrogens with one attached hydrogen (secondary N) is 1. The van der Waals surface area contributed by atoms with Gasteiger partial charge in [0.2, 0.25) is 4.77 Å². The molecule has 1 N–H and O–H groups in total. The number of ether oxygens (including phenoxy) is 1. The fourth-order valence-electron chi connectivity index (χ4n) is 2.93. The molecule has 1 aromatic heterocycles. The Hall–Kier alpha value is -3.63. The average molecular weight is 510 g/mol. The zero-order valence-corrected chi connectivity index (χ0v) is 18.9. The number of non-ortho nitro benzene ring substituents is 1. The van der Waals surface area contributed by atoms with Crippen molar-refractivity contribution in [2.24, 2.45) is 5.10 Å². The molecule has 10 heteroatoms. The number of halogens is 1. The van der Waals surface area contributed by atoms with Gasteiger partial charge in [-0.25, -0.2) is 5.10 Å². The van der Waals surface area contributed by atoms with Gasteiger partial charge in [0.15, 0.2) is 5.82 Å². The third kappa shape index (κ3) is 4.98. The molecule has 160 valence electrons. The van der Waals surface area contributed by atoms with Gasteiger partial charge in [0, 0.05) is 17.7 Å². The number of aromatic nitrogens is 3. The maximum Gasteiger partial charge on any atom is 0.269 e. The highest BCUT2D eigenvalue weighted by Crippen LogP contribution is 2.27. The van der Waals surface area contributed by atoms with Crippen molar-refractivity contribution in [1.82, 2.24) is 14.9 Å². The summed E-state index contributed by atoms with van der Waals surface area (Å²) in [6.07, 6.45) is 1.67. The summed E-state index contributed by atoms with van der Waals surface area (Å²) in [6, 6.07) is 21.5. The van der Waals surface area contributed by atoms with Gasteiger partial charge in [-0.3, -0.25) is 10.1 Å². The van der Waals surface area contributed by atoms with Gasteiger partial charge < -0.3 is 4.74 Å². The normalized spacial score (nSPS) is 11.0. The van der Waals surface area contributed by atoms with Crippen LogP contribution in [-0.2, 0) is 6.61 Å².